The molecule has 36 heavy (non-hydrogen) atoms. The molecule has 1 rings (SSSR count). The number of hydrogen-bond acceptors (Lipinski definition) is 5. The van der Waals surface area contributed by atoms with Crippen molar-refractivity contribution >= 4 is 11.7 Å². The first-order chi connectivity index (χ1) is 16.2. The molecule has 2 unspecified atom stereocenters. The van der Waals surface area contributed by atoms with Crippen molar-refractivity contribution in [2.75, 3.05) is 25.6 Å². The highest BCUT2D eigenvalue weighted by atomic mass is 19.4. The van der Waals surface area contributed by atoms with Crippen LogP contribution in [0.15, 0.2) is 24.3 Å². The molecule has 2 atom stereocenters. The second kappa shape index (κ2) is 12.1. The van der Waals surface area contributed by atoms with Crippen LogP contribution in [-0.2, 0) is 14.2 Å². The van der Waals surface area contributed by atoms with Gasteiger partial charge in [-0.1, -0.05) is 34.1 Å². The molecule has 0 aliphatic rings. The Kier molecular flexibility index (Phi) is 10.8. The van der Waals surface area contributed by atoms with E-state index in [2.05, 4.69) is 20.8 Å². The summed E-state index contributed by atoms with van der Waals surface area (Å²) in [6, 6.07) is 6.11. The van der Waals surface area contributed by atoms with Gasteiger partial charge in [0, 0.05) is 11.1 Å². The Hall–Kier alpha value is -1.94. The number of esters is 1. The average Bonchev–Trinajstić information content (AvgIpc) is 2.71. The van der Waals surface area contributed by atoms with Gasteiger partial charge in [-0.25, -0.2) is 4.79 Å². The molecule has 2 N–H and O–H groups in total. The monoisotopic (exact) mass is 525 g/mol. The van der Waals surface area contributed by atoms with Crippen molar-refractivity contribution in [3.8, 4) is 0 Å². The average molecular weight is 526 g/mol. The molecular formula is C26H40F5NO4. The lowest BCUT2D eigenvalue weighted by molar-refractivity contribution is -0.298. The van der Waals surface area contributed by atoms with E-state index in [0.29, 0.717) is 12.1 Å². The molecule has 208 valence electrons. The third-order valence-corrected chi connectivity index (χ3v) is 6.06. The fourth-order valence-corrected chi connectivity index (χ4v) is 3.97. The minimum absolute atomic E-state index is 0.00114. The first kappa shape index (κ1) is 32.1. The third-order valence-electron chi connectivity index (χ3n) is 6.06. The van der Waals surface area contributed by atoms with E-state index in [9.17, 15) is 26.7 Å². The van der Waals surface area contributed by atoms with E-state index >= 15 is 0 Å². The molecule has 1 aromatic rings. The van der Waals surface area contributed by atoms with E-state index in [-0.39, 0.29) is 24.0 Å². The number of anilines is 1. The van der Waals surface area contributed by atoms with Crippen molar-refractivity contribution < 1.29 is 41.0 Å². The Bertz CT molecular complexity index is 840. The van der Waals surface area contributed by atoms with Crippen LogP contribution in [0.3, 0.4) is 0 Å². The Morgan fingerprint density at radius 2 is 1.50 bits per heavy atom. The van der Waals surface area contributed by atoms with E-state index < -0.39 is 48.4 Å². The molecule has 0 fully saturated rings. The van der Waals surface area contributed by atoms with Crippen LogP contribution in [0.5, 0.6) is 0 Å². The van der Waals surface area contributed by atoms with Crippen LogP contribution in [0.2, 0.25) is 0 Å². The summed E-state index contributed by atoms with van der Waals surface area (Å²) in [5.41, 5.74) is 4.75. The quantitative estimate of drug-likeness (QED) is 0.160. The molecule has 0 saturated heterocycles. The van der Waals surface area contributed by atoms with E-state index in [1.807, 2.05) is 13.8 Å². The number of carbonyl (C=O) groups excluding carboxylic acids is 1. The lowest BCUT2D eigenvalue weighted by Gasteiger charge is -2.39. The van der Waals surface area contributed by atoms with Crippen LogP contribution < -0.4 is 5.73 Å². The maximum absolute atomic E-state index is 13.4. The Balaban J connectivity index is 2.95. The maximum atomic E-state index is 13.4. The number of alkyl halides is 5. The van der Waals surface area contributed by atoms with Gasteiger partial charge in [-0.05, 0) is 63.3 Å². The highest BCUT2D eigenvalue weighted by Crippen LogP contribution is 2.38. The second-order valence-electron chi connectivity index (χ2n) is 11.3. The van der Waals surface area contributed by atoms with Gasteiger partial charge in [-0.3, -0.25) is 0 Å². The molecule has 0 aliphatic carbocycles. The number of nitrogens with two attached hydrogens (primary N) is 1. The molecule has 0 bridgehead atoms. The number of ether oxygens (including phenoxy) is 3. The van der Waals surface area contributed by atoms with Crippen LogP contribution in [0.4, 0.5) is 27.6 Å². The Labute approximate surface area is 210 Å². The van der Waals surface area contributed by atoms with Crippen LogP contribution in [0.1, 0.15) is 78.1 Å². The summed E-state index contributed by atoms with van der Waals surface area (Å²) in [6.45, 7) is 11.1. The summed E-state index contributed by atoms with van der Waals surface area (Å²) in [5.74, 6) is -5.59. The maximum Gasteiger partial charge on any atom is 0.455 e. The van der Waals surface area contributed by atoms with Gasteiger partial charge in [0.25, 0.3) is 0 Å². The molecule has 0 aliphatic heterocycles. The van der Waals surface area contributed by atoms with Crippen molar-refractivity contribution in [2.24, 2.45) is 10.8 Å². The number of hydrogen-bond donors (Lipinski definition) is 1. The Morgan fingerprint density at radius 3 is 2.00 bits per heavy atom. The summed E-state index contributed by atoms with van der Waals surface area (Å²) in [6.07, 6.45) is -4.70. The standard InChI is InChI=1S/C26H40F5NO4/c1-8-22(3,4)14-23(5,6)35-16-24(7,15-34-17-25(27,28)26(29,30)31)13-18(2)36-21(33)19-9-11-20(32)12-10-19/h9-12,18H,8,13-17,32H2,1-7H3. The van der Waals surface area contributed by atoms with Gasteiger partial charge in [-0.2, -0.15) is 22.0 Å². The number of halogens is 5. The fraction of sp³-hybridized carbons (Fsp3) is 0.731. The van der Waals surface area contributed by atoms with E-state index in [0.717, 1.165) is 6.42 Å². The largest absolute Gasteiger partial charge is 0.459 e. The number of carbonyl (C=O) groups is 1. The summed E-state index contributed by atoms with van der Waals surface area (Å²) in [5, 5.41) is 0. The lowest BCUT2D eigenvalue weighted by atomic mass is 9.79. The summed E-state index contributed by atoms with van der Waals surface area (Å²) in [7, 11) is 0. The van der Waals surface area contributed by atoms with Gasteiger partial charge in [0.2, 0.25) is 0 Å². The van der Waals surface area contributed by atoms with Crippen LogP contribution >= 0.6 is 0 Å². The van der Waals surface area contributed by atoms with E-state index in [4.69, 9.17) is 19.9 Å². The molecule has 10 heteroatoms. The zero-order valence-electron chi connectivity index (χ0n) is 22.2. The minimum Gasteiger partial charge on any atom is -0.459 e. The van der Waals surface area contributed by atoms with Gasteiger partial charge in [0.15, 0.2) is 0 Å². The molecule has 1 aromatic carbocycles. The van der Waals surface area contributed by atoms with Crippen LogP contribution in [0, 0.1) is 10.8 Å². The number of rotatable bonds is 14. The lowest BCUT2D eigenvalue weighted by Crippen LogP contribution is -2.43. The van der Waals surface area contributed by atoms with Crippen LogP contribution in [-0.4, -0.2) is 49.6 Å². The predicted molar refractivity (Wildman–Crippen MR) is 129 cm³/mol. The molecule has 0 aromatic heterocycles. The zero-order valence-corrected chi connectivity index (χ0v) is 22.2. The highest BCUT2D eigenvalue weighted by molar-refractivity contribution is 5.89. The second-order valence-corrected chi connectivity index (χ2v) is 11.3. The van der Waals surface area contributed by atoms with Gasteiger partial charge >= 0.3 is 18.1 Å². The fourth-order valence-electron chi connectivity index (χ4n) is 3.97. The molecule has 0 radical (unpaired) electrons. The smallest absolute Gasteiger partial charge is 0.455 e. The molecule has 0 amide bonds. The SMILES string of the molecule is CCC(C)(C)CC(C)(C)OCC(C)(COCC(F)(F)C(F)(F)F)CC(C)OC(=O)c1ccc(N)cc1. The van der Waals surface area contributed by atoms with Crippen molar-refractivity contribution in [1.29, 1.82) is 0 Å². The molecule has 0 saturated carbocycles. The third kappa shape index (κ3) is 10.6. The topological polar surface area (TPSA) is 70.8 Å². The van der Waals surface area contributed by atoms with Crippen molar-refractivity contribution in [3.05, 3.63) is 29.8 Å². The molecular weight excluding hydrogens is 485 g/mol. The number of nitrogen functional groups attached to an aromatic ring is 1. The minimum atomic E-state index is -5.71. The molecule has 5 nitrogen and oxygen atoms in total. The van der Waals surface area contributed by atoms with Crippen molar-refractivity contribution in [1.82, 2.24) is 0 Å². The van der Waals surface area contributed by atoms with Crippen molar-refractivity contribution in [3.63, 3.8) is 0 Å². The first-order valence-corrected chi connectivity index (χ1v) is 11.9. The van der Waals surface area contributed by atoms with E-state index in [1.54, 1.807) is 26.0 Å². The summed E-state index contributed by atoms with van der Waals surface area (Å²) < 4.78 is 81.0. The van der Waals surface area contributed by atoms with Crippen LogP contribution in [0.25, 0.3) is 0 Å². The predicted octanol–water partition coefficient (Wildman–Crippen LogP) is 7.05. The van der Waals surface area contributed by atoms with Gasteiger partial charge in [-0.15, -0.1) is 0 Å². The van der Waals surface area contributed by atoms with Gasteiger partial charge < -0.3 is 19.9 Å². The highest BCUT2D eigenvalue weighted by Gasteiger charge is 2.57. The van der Waals surface area contributed by atoms with Gasteiger partial charge in [0.1, 0.15) is 12.7 Å². The summed E-state index contributed by atoms with van der Waals surface area (Å²) in [4.78, 5) is 12.5. The number of benzene rings is 1. The molecule has 0 heterocycles. The summed E-state index contributed by atoms with van der Waals surface area (Å²) >= 11 is 0. The van der Waals surface area contributed by atoms with Crippen molar-refractivity contribution in [2.45, 2.75) is 91.5 Å². The normalized spacial score (nSPS) is 15.9. The first-order valence-electron chi connectivity index (χ1n) is 11.9. The van der Waals surface area contributed by atoms with E-state index in [1.165, 1.54) is 12.1 Å². The molecule has 0 spiro atoms. The van der Waals surface area contributed by atoms with Gasteiger partial charge in [0.05, 0.1) is 24.4 Å². The zero-order chi connectivity index (χ0) is 28.0. The Morgan fingerprint density at radius 1 is 0.944 bits per heavy atom.